The average Bonchev–Trinajstić information content (AvgIpc) is 2.68. The third-order valence-electron chi connectivity index (χ3n) is 3.97. The van der Waals surface area contributed by atoms with Gasteiger partial charge in [0.05, 0.1) is 12.2 Å². The lowest BCUT2D eigenvalue weighted by atomic mass is 9.85. The Morgan fingerprint density at radius 2 is 2.33 bits per heavy atom. The summed E-state index contributed by atoms with van der Waals surface area (Å²) in [6.45, 7) is 2.67. The van der Waals surface area contributed by atoms with Gasteiger partial charge in [-0.3, -0.25) is 4.79 Å². The van der Waals surface area contributed by atoms with E-state index in [2.05, 4.69) is 15.6 Å². The van der Waals surface area contributed by atoms with E-state index in [1.807, 2.05) is 7.05 Å². The number of aromatic nitrogens is 3. The monoisotopic (exact) mass is 249 g/mol. The molecule has 2 aliphatic rings. The summed E-state index contributed by atoms with van der Waals surface area (Å²) < 4.78 is 1.79. The minimum absolute atomic E-state index is 0.0135. The minimum atomic E-state index is -0.0135. The molecule has 3 rings (SSSR count). The lowest BCUT2D eigenvalue weighted by Crippen LogP contribution is -2.43. The molecule has 0 aromatic carbocycles. The summed E-state index contributed by atoms with van der Waals surface area (Å²) >= 11 is 0. The fourth-order valence-electron chi connectivity index (χ4n) is 2.35. The molecule has 98 valence electrons. The molecule has 1 amide bonds. The number of nitrogens with zero attached hydrogens (tertiary/aromatic N) is 4. The molecule has 6 nitrogen and oxygen atoms in total. The van der Waals surface area contributed by atoms with E-state index in [0.29, 0.717) is 17.7 Å². The Hall–Kier alpha value is -1.43. The summed E-state index contributed by atoms with van der Waals surface area (Å²) in [4.78, 5) is 13.9. The molecule has 1 saturated heterocycles. The van der Waals surface area contributed by atoms with E-state index in [0.717, 1.165) is 19.6 Å². The van der Waals surface area contributed by atoms with Gasteiger partial charge in [0.25, 0.3) is 5.91 Å². The molecule has 0 spiro atoms. The van der Waals surface area contributed by atoms with Crippen LogP contribution in [0.5, 0.6) is 0 Å². The Labute approximate surface area is 106 Å². The van der Waals surface area contributed by atoms with Crippen molar-refractivity contribution in [3.05, 3.63) is 11.9 Å². The zero-order chi connectivity index (χ0) is 12.5. The Kier molecular flexibility index (Phi) is 3.03. The number of nitrogens with one attached hydrogen (secondary N) is 1. The van der Waals surface area contributed by atoms with Gasteiger partial charge in [-0.2, -0.15) is 0 Å². The summed E-state index contributed by atoms with van der Waals surface area (Å²) in [7, 11) is 1.85. The fourth-order valence-corrected chi connectivity index (χ4v) is 2.35. The fraction of sp³-hybridized carbons (Fsp3) is 0.750. The summed E-state index contributed by atoms with van der Waals surface area (Å²) in [6.07, 6.45) is 5.57. The Bertz CT molecular complexity index is 435. The van der Waals surface area contributed by atoms with E-state index in [1.165, 1.54) is 19.3 Å². The minimum Gasteiger partial charge on any atom is -0.340 e. The topological polar surface area (TPSA) is 63.1 Å². The van der Waals surface area contributed by atoms with Crippen LogP contribution < -0.4 is 5.32 Å². The van der Waals surface area contributed by atoms with Crippen molar-refractivity contribution in [1.82, 2.24) is 25.2 Å². The highest BCUT2D eigenvalue weighted by Crippen LogP contribution is 2.27. The van der Waals surface area contributed by atoms with Gasteiger partial charge in [0.15, 0.2) is 5.69 Å². The molecule has 2 fully saturated rings. The molecule has 1 aliphatic heterocycles. The van der Waals surface area contributed by atoms with Crippen LogP contribution in [-0.2, 0) is 0 Å². The second-order valence-corrected chi connectivity index (χ2v) is 5.38. The van der Waals surface area contributed by atoms with Crippen molar-refractivity contribution in [1.29, 1.82) is 0 Å². The predicted octanol–water partition coefficient (Wildman–Crippen LogP) is 0.295. The Balaban J connectivity index is 1.61. The number of carbonyl (C=O) groups is 1. The quantitative estimate of drug-likeness (QED) is 0.833. The molecule has 1 saturated carbocycles. The third kappa shape index (κ3) is 2.12. The van der Waals surface area contributed by atoms with Crippen LogP contribution in [0.25, 0.3) is 0 Å². The van der Waals surface area contributed by atoms with Gasteiger partial charge >= 0.3 is 0 Å². The highest BCUT2D eigenvalue weighted by atomic mass is 16.2. The van der Waals surface area contributed by atoms with Crippen molar-refractivity contribution in [2.45, 2.75) is 25.3 Å². The first-order chi connectivity index (χ1) is 8.74. The summed E-state index contributed by atoms with van der Waals surface area (Å²) in [5.41, 5.74) is 0.462. The third-order valence-corrected chi connectivity index (χ3v) is 3.97. The van der Waals surface area contributed by atoms with Crippen molar-refractivity contribution < 1.29 is 4.79 Å². The first-order valence-corrected chi connectivity index (χ1v) is 6.62. The van der Waals surface area contributed by atoms with E-state index in [-0.39, 0.29) is 5.91 Å². The zero-order valence-electron chi connectivity index (χ0n) is 10.7. The number of hydrogen-bond donors (Lipinski definition) is 1. The van der Waals surface area contributed by atoms with Crippen LogP contribution in [-0.4, -0.2) is 52.5 Å². The van der Waals surface area contributed by atoms with Crippen LogP contribution in [0.1, 0.15) is 35.8 Å². The molecule has 6 heteroatoms. The van der Waals surface area contributed by atoms with Crippen molar-refractivity contribution in [2.24, 2.45) is 5.92 Å². The van der Waals surface area contributed by atoms with E-state index >= 15 is 0 Å². The van der Waals surface area contributed by atoms with E-state index < -0.39 is 0 Å². The predicted molar refractivity (Wildman–Crippen MR) is 66.2 cm³/mol. The molecule has 0 bridgehead atoms. The van der Waals surface area contributed by atoms with Gasteiger partial charge in [0.1, 0.15) is 0 Å². The molecule has 0 unspecified atom stereocenters. The van der Waals surface area contributed by atoms with Crippen LogP contribution in [0.3, 0.4) is 0 Å². The van der Waals surface area contributed by atoms with Crippen molar-refractivity contribution >= 4 is 5.91 Å². The summed E-state index contributed by atoms with van der Waals surface area (Å²) in [6, 6.07) is 0.357. The van der Waals surface area contributed by atoms with Crippen LogP contribution in [0.15, 0.2) is 6.20 Å². The van der Waals surface area contributed by atoms with Gasteiger partial charge in [0, 0.05) is 26.7 Å². The summed E-state index contributed by atoms with van der Waals surface area (Å²) in [5.74, 6) is 0.672. The maximum absolute atomic E-state index is 12.2. The largest absolute Gasteiger partial charge is 0.340 e. The number of amides is 1. The molecule has 1 aliphatic carbocycles. The molecule has 0 atom stereocenters. The number of rotatable bonds is 4. The van der Waals surface area contributed by atoms with Gasteiger partial charge in [-0.25, -0.2) is 4.68 Å². The second-order valence-electron chi connectivity index (χ2n) is 5.38. The molecule has 1 aromatic heterocycles. The van der Waals surface area contributed by atoms with Crippen LogP contribution >= 0.6 is 0 Å². The first kappa shape index (κ1) is 11.6. The lowest BCUT2D eigenvalue weighted by molar-refractivity contribution is 0.0739. The van der Waals surface area contributed by atoms with Crippen LogP contribution in [0.2, 0.25) is 0 Å². The highest BCUT2D eigenvalue weighted by Gasteiger charge is 2.25. The molecule has 18 heavy (non-hydrogen) atoms. The maximum atomic E-state index is 12.2. The van der Waals surface area contributed by atoms with Crippen LogP contribution in [0.4, 0.5) is 0 Å². The molecule has 2 heterocycles. The zero-order valence-corrected chi connectivity index (χ0v) is 10.7. The van der Waals surface area contributed by atoms with Gasteiger partial charge < -0.3 is 10.2 Å². The second kappa shape index (κ2) is 4.68. The van der Waals surface area contributed by atoms with E-state index in [4.69, 9.17) is 0 Å². The average molecular weight is 249 g/mol. The maximum Gasteiger partial charge on any atom is 0.275 e. The van der Waals surface area contributed by atoms with Crippen molar-refractivity contribution in [2.75, 3.05) is 26.7 Å². The van der Waals surface area contributed by atoms with E-state index in [1.54, 1.807) is 15.8 Å². The van der Waals surface area contributed by atoms with Crippen LogP contribution in [0, 0.1) is 5.92 Å². The molecule has 1 aromatic rings. The normalized spacial score (nSPS) is 20.3. The smallest absolute Gasteiger partial charge is 0.275 e. The Morgan fingerprint density at radius 3 is 2.89 bits per heavy atom. The standard InChI is InChI=1S/C12H19N5O/c1-16(7-9-3-2-4-9)12(18)11-8-17(15-14-11)10-5-13-6-10/h8-10,13H,2-7H2,1H3. The highest BCUT2D eigenvalue weighted by molar-refractivity contribution is 5.91. The lowest BCUT2D eigenvalue weighted by Gasteiger charge is -2.29. The van der Waals surface area contributed by atoms with Crippen molar-refractivity contribution in [3.8, 4) is 0 Å². The van der Waals surface area contributed by atoms with Gasteiger partial charge in [0.2, 0.25) is 0 Å². The van der Waals surface area contributed by atoms with Gasteiger partial charge in [-0.15, -0.1) is 5.10 Å². The SMILES string of the molecule is CN(CC1CCC1)C(=O)c1cn(C2CNC2)nn1. The number of hydrogen-bond acceptors (Lipinski definition) is 4. The Morgan fingerprint density at radius 1 is 1.56 bits per heavy atom. The van der Waals surface area contributed by atoms with Crippen molar-refractivity contribution in [3.63, 3.8) is 0 Å². The van der Waals surface area contributed by atoms with Gasteiger partial charge in [-0.05, 0) is 18.8 Å². The molecule has 0 radical (unpaired) electrons. The molecular weight excluding hydrogens is 230 g/mol. The first-order valence-electron chi connectivity index (χ1n) is 6.62. The number of carbonyl (C=O) groups excluding carboxylic acids is 1. The van der Waals surface area contributed by atoms with E-state index in [9.17, 15) is 4.79 Å². The molecule has 1 N–H and O–H groups in total. The van der Waals surface area contributed by atoms with Gasteiger partial charge in [-0.1, -0.05) is 11.6 Å². The summed E-state index contributed by atoms with van der Waals surface area (Å²) in [5, 5.41) is 11.2. The molecular formula is C12H19N5O.